The van der Waals surface area contributed by atoms with Crippen LogP contribution in [0.2, 0.25) is 0 Å². The van der Waals surface area contributed by atoms with Crippen LogP contribution in [-0.4, -0.2) is 17.3 Å². The summed E-state index contributed by atoms with van der Waals surface area (Å²) in [6.07, 6.45) is 0. The van der Waals surface area contributed by atoms with Gasteiger partial charge in [0.05, 0.1) is 0 Å². The molecule has 0 saturated heterocycles. The molecule has 6 atom stereocenters. The monoisotopic (exact) mass is 346 g/mol. The summed E-state index contributed by atoms with van der Waals surface area (Å²) >= 11 is 0. The van der Waals surface area contributed by atoms with Gasteiger partial charge in [0.25, 0.3) is 5.78 Å². The maximum Gasteiger partial charge on any atom is 0.264 e. The van der Waals surface area contributed by atoms with Gasteiger partial charge in [0.2, 0.25) is 11.6 Å². The van der Waals surface area contributed by atoms with Crippen molar-refractivity contribution in [3.63, 3.8) is 0 Å². The smallest absolute Gasteiger partial charge is 0.264 e. The standard InChI is InChI=1S/C23H22O3/c1-13-17(15-9-5-3-6-10-15)18(16-11-7-4-8-12-16)14(2)20-19(13)21(24)23(26)22(20)25/h3-14,17-20H,1-2H3. The lowest BCUT2D eigenvalue weighted by Crippen LogP contribution is -2.43. The second-order valence-corrected chi connectivity index (χ2v) is 7.70. The summed E-state index contributed by atoms with van der Waals surface area (Å²) in [4.78, 5) is 37.3. The number of ketones is 3. The molecular weight excluding hydrogens is 324 g/mol. The Hall–Kier alpha value is -2.55. The fourth-order valence-electron chi connectivity index (χ4n) is 5.36. The average molecular weight is 346 g/mol. The number of benzene rings is 2. The summed E-state index contributed by atoms with van der Waals surface area (Å²) in [7, 11) is 0. The Morgan fingerprint density at radius 1 is 0.538 bits per heavy atom. The van der Waals surface area contributed by atoms with Gasteiger partial charge in [0, 0.05) is 11.8 Å². The third-order valence-electron chi connectivity index (χ3n) is 6.46. The Balaban J connectivity index is 1.88. The molecule has 3 heteroatoms. The highest BCUT2D eigenvalue weighted by atomic mass is 16.2. The first kappa shape index (κ1) is 16.9. The van der Waals surface area contributed by atoms with Crippen molar-refractivity contribution in [3.8, 4) is 0 Å². The van der Waals surface area contributed by atoms with Crippen LogP contribution < -0.4 is 0 Å². The number of fused-ring (bicyclic) bond motifs is 1. The minimum absolute atomic E-state index is 0.0632. The number of carbonyl (C=O) groups excluding carboxylic acids is 3. The first-order valence-electron chi connectivity index (χ1n) is 9.24. The fourth-order valence-corrected chi connectivity index (χ4v) is 5.36. The fraction of sp³-hybridized carbons (Fsp3) is 0.348. The van der Waals surface area contributed by atoms with Gasteiger partial charge in [-0.05, 0) is 34.8 Å². The summed E-state index contributed by atoms with van der Waals surface area (Å²) in [5, 5.41) is 0. The zero-order valence-corrected chi connectivity index (χ0v) is 15.0. The normalized spacial score (nSPS) is 34.0. The van der Waals surface area contributed by atoms with Crippen molar-refractivity contribution in [3.05, 3.63) is 71.8 Å². The van der Waals surface area contributed by atoms with E-state index in [4.69, 9.17) is 0 Å². The average Bonchev–Trinajstić information content (AvgIpc) is 2.90. The predicted molar refractivity (Wildman–Crippen MR) is 98.7 cm³/mol. The van der Waals surface area contributed by atoms with Crippen LogP contribution in [0.4, 0.5) is 0 Å². The molecule has 2 aromatic rings. The van der Waals surface area contributed by atoms with Crippen LogP contribution in [0.5, 0.6) is 0 Å². The van der Waals surface area contributed by atoms with Gasteiger partial charge in [0.15, 0.2) is 0 Å². The molecule has 6 unspecified atom stereocenters. The molecule has 2 aliphatic rings. The van der Waals surface area contributed by atoms with Crippen molar-refractivity contribution in [1.29, 1.82) is 0 Å². The number of hydrogen-bond acceptors (Lipinski definition) is 3. The van der Waals surface area contributed by atoms with E-state index in [2.05, 4.69) is 24.3 Å². The summed E-state index contributed by atoms with van der Waals surface area (Å²) < 4.78 is 0. The van der Waals surface area contributed by atoms with Crippen LogP contribution in [0.15, 0.2) is 60.7 Å². The van der Waals surface area contributed by atoms with Crippen molar-refractivity contribution in [2.45, 2.75) is 25.7 Å². The van der Waals surface area contributed by atoms with Gasteiger partial charge in [-0.2, -0.15) is 0 Å². The Morgan fingerprint density at radius 2 is 0.885 bits per heavy atom. The molecule has 2 saturated carbocycles. The van der Waals surface area contributed by atoms with Crippen molar-refractivity contribution in [2.24, 2.45) is 23.7 Å². The molecule has 0 radical (unpaired) electrons. The molecule has 132 valence electrons. The first-order chi connectivity index (χ1) is 12.5. The van der Waals surface area contributed by atoms with Gasteiger partial charge in [-0.25, -0.2) is 0 Å². The molecule has 0 heterocycles. The molecule has 0 spiro atoms. The summed E-state index contributed by atoms with van der Waals surface area (Å²) in [6, 6.07) is 20.4. The van der Waals surface area contributed by atoms with Crippen molar-refractivity contribution in [1.82, 2.24) is 0 Å². The van der Waals surface area contributed by atoms with Crippen LogP contribution in [0.25, 0.3) is 0 Å². The van der Waals surface area contributed by atoms with E-state index in [0.29, 0.717) is 0 Å². The topological polar surface area (TPSA) is 51.2 Å². The number of hydrogen-bond donors (Lipinski definition) is 0. The predicted octanol–water partition coefficient (Wildman–Crippen LogP) is 3.79. The van der Waals surface area contributed by atoms with E-state index in [0.717, 1.165) is 0 Å². The van der Waals surface area contributed by atoms with Gasteiger partial charge in [-0.3, -0.25) is 14.4 Å². The highest BCUT2D eigenvalue weighted by Crippen LogP contribution is 2.56. The van der Waals surface area contributed by atoms with Crippen LogP contribution in [-0.2, 0) is 14.4 Å². The largest absolute Gasteiger partial charge is 0.290 e. The summed E-state index contributed by atoms with van der Waals surface area (Å²) in [6.45, 7) is 4.06. The highest BCUT2D eigenvalue weighted by molar-refractivity contribution is 6.68. The highest BCUT2D eigenvalue weighted by Gasteiger charge is 2.59. The van der Waals surface area contributed by atoms with E-state index in [1.165, 1.54) is 11.1 Å². The number of rotatable bonds is 2. The van der Waals surface area contributed by atoms with Crippen LogP contribution in [0.3, 0.4) is 0 Å². The lowest BCUT2D eigenvalue weighted by atomic mass is 9.55. The molecule has 2 fully saturated rings. The molecule has 0 N–H and O–H groups in total. The molecule has 4 rings (SSSR count). The molecule has 2 aliphatic carbocycles. The zero-order valence-electron chi connectivity index (χ0n) is 15.0. The second-order valence-electron chi connectivity index (χ2n) is 7.70. The third kappa shape index (κ3) is 2.38. The molecule has 26 heavy (non-hydrogen) atoms. The molecular formula is C23H22O3. The van der Waals surface area contributed by atoms with Crippen LogP contribution in [0, 0.1) is 23.7 Å². The molecule has 0 aliphatic heterocycles. The van der Waals surface area contributed by atoms with Gasteiger partial charge >= 0.3 is 0 Å². The van der Waals surface area contributed by atoms with Crippen LogP contribution >= 0.6 is 0 Å². The summed E-state index contributed by atoms with van der Waals surface area (Å²) in [5.74, 6) is -2.67. The Bertz CT molecular complexity index is 784. The molecule has 0 bridgehead atoms. The van der Waals surface area contributed by atoms with Gasteiger partial charge < -0.3 is 0 Å². The lowest BCUT2D eigenvalue weighted by molar-refractivity contribution is -0.141. The van der Waals surface area contributed by atoms with E-state index >= 15 is 0 Å². The molecule has 2 aromatic carbocycles. The molecule has 3 nitrogen and oxygen atoms in total. The second kappa shape index (κ2) is 6.31. The van der Waals surface area contributed by atoms with Crippen molar-refractivity contribution < 1.29 is 14.4 Å². The van der Waals surface area contributed by atoms with E-state index in [1.54, 1.807) is 0 Å². The maximum absolute atomic E-state index is 12.6. The van der Waals surface area contributed by atoms with Gasteiger partial charge in [0.1, 0.15) is 0 Å². The number of Topliss-reactive ketones (excluding diaryl/α,β-unsaturated/α-hetero) is 3. The minimum Gasteiger partial charge on any atom is -0.290 e. The Labute approximate surface area is 153 Å². The third-order valence-corrected chi connectivity index (χ3v) is 6.46. The van der Waals surface area contributed by atoms with Crippen molar-refractivity contribution in [2.75, 3.05) is 0 Å². The van der Waals surface area contributed by atoms with E-state index in [9.17, 15) is 14.4 Å². The van der Waals surface area contributed by atoms with Gasteiger partial charge in [-0.15, -0.1) is 0 Å². The Kier molecular flexibility index (Phi) is 4.10. The maximum atomic E-state index is 12.6. The molecule has 0 aromatic heterocycles. The quantitative estimate of drug-likeness (QED) is 0.777. The van der Waals surface area contributed by atoms with Crippen molar-refractivity contribution >= 4 is 17.3 Å². The van der Waals surface area contributed by atoms with Crippen LogP contribution in [0.1, 0.15) is 36.8 Å². The van der Waals surface area contributed by atoms with E-state index in [1.807, 2.05) is 50.2 Å². The lowest BCUT2D eigenvalue weighted by Gasteiger charge is -2.47. The molecule has 0 amide bonds. The zero-order chi connectivity index (χ0) is 18.4. The SMILES string of the molecule is CC1C2C(=O)C(=O)C(=O)C2C(C)C(c2ccccc2)C1c1ccccc1. The number of carbonyl (C=O) groups is 3. The minimum atomic E-state index is -0.792. The first-order valence-corrected chi connectivity index (χ1v) is 9.24. The van der Waals surface area contributed by atoms with E-state index in [-0.39, 0.29) is 23.7 Å². The Morgan fingerprint density at radius 3 is 1.23 bits per heavy atom. The van der Waals surface area contributed by atoms with Gasteiger partial charge in [-0.1, -0.05) is 74.5 Å². The summed E-state index contributed by atoms with van der Waals surface area (Å²) in [5.41, 5.74) is 2.33. The van der Waals surface area contributed by atoms with E-state index < -0.39 is 29.2 Å².